The fraction of sp³-hybridized carbons (Fsp3) is 0.500. The van der Waals surface area contributed by atoms with Crippen molar-refractivity contribution in [3.05, 3.63) is 18.2 Å². The van der Waals surface area contributed by atoms with Crippen molar-refractivity contribution in [1.29, 1.82) is 0 Å². The monoisotopic (exact) mass is 323 g/mol. The van der Waals surface area contributed by atoms with Crippen LogP contribution in [0.1, 0.15) is 6.92 Å². The van der Waals surface area contributed by atoms with Crippen LogP contribution < -0.4 is 19.7 Å². The summed E-state index contributed by atoms with van der Waals surface area (Å²) in [4.78, 5) is 27.3. The van der Waals surface area contributed by atoms with Gasteiger partial charge in [-0.25, -0.2) is 0 Å². The van der Waals surface area contributed by atoms with Gasteiger partial charge in [-0.15, -0.1) is 0 Å². The zero-order valence-electron chi connectivity index (χ0n) is 14.4. The number of hydrogen-bond donors (Lipinski definition) is 1. The van der Waals surface area contributed by atoms with E-state index >= 15 is 0 Å². The lowest BCUT2D eigenvalue weighted by atomic mass is 10.2. The average molecular weight is 323 g/mol. The summed E-state index contributed by atoms with van der Waals surface area (Å²) >= 11 is 0. The van der Waals surface area contributed by atoms with Crippen molar-refractivity contribution in [2.45, 2.75) is 6.92 Å². The van der Waals surface area contributed by atoms with Gasteiger partial charge in [0.25, 0.3) is 0 Å². The Labute approximate surface area is 137 Å². The van der Waals surface area contributed by atoms with Crippen molar-refractivity contribution in [2.24, 2.45) is 0 Å². The van der Waals surface area contributed by atoms with E-state index in [9.17, 15) is 9.59 Å². The second-order valence-electron chi connectivity index (χ2n) is 5.30. The van der Waals surface area contributed by atoms with E-state index in [1.54, 1.807) is 25.3 Å². The summed E-state index contributed by atoms with van der Waals surface area (Å²) in [6, 6.07) is 5.10. The molecule has 0 heterocycles. The molecule has 128 valence electrons. The summed E-state index contributed by atoms with van der Waals surface area (Å²) in [6.07, 6.45) is 0. The van der Waals surface area contributed by atoms with E-state index in [0.717, 1.165) is 6.54 Å². The van der Waals surface area contributed by atoms with Gasteiger partial charge in [-0.3, -0.25) is 14.5 Å². The molecule has 7 heteroatoms. The molecule has 1 aromatic rings. The van der Waals surface area contributed by atoms with Gasteiger partial charge in [0.15, 0.2) is 0 Å². The number of amides is 2. The summed E-state index contributed by atoms with van der Waals surface area (Å²) in [6.45, 7) is 2.61. The predicted octanol–water partition coefficient (Wildman–Crippen LogP) is 0.735. The standard InChI is InChI=1S/C16H25N3O4/c1-12(20)19(11-16(21)17-8-9-18(2)3)14-7-6-13(22-4)10-15(14)23-5/h6-7,10H,8-9,11H2,1-5H3,(H,17,21). The summed E-state index contributed by atoms with van der Waals surface area (Å²) < 4.78 is 10.4. The first-order valence-corrected chi connectivity index (χ1v) is 7.30. The van der Waals surface area contributed by atoms with Gasteiger partial charge < -0.3 is 19.7 Å². The smallest absolute Gasteiger partial charge is 0.240 e. The summed E-state index contributed by atoms with van der Waals surface area (Å²) in [5.74, 6) is 0.626. The van der Waals surface area contributed by atoms with Crippen LogP contribution >= 0.6 is 0 Å². The quantitative estimate of drug-likeness (QED) is 0.764. The van der Waals surface area contributed by atoms with E-state index in [4.69, 9.17) is 9.47 Å². The Morgan fingerprint density at radius 2 is 1.87 bits per heavy atom. The van der Waals surface area contributed by atoms with Crippen molar-refractivity contribution in [2.75, 3.05) is 52.8 Å². The molecule has 1 rings (SSSR count). The zero-order valence-corrected chi connectivity index (χ0v) is 14.4. The molecule has 0 aliphatic heterocycles. The molecule has 1 aromatic carbocycles. The molecule has 1 N–H and O–H groups in total. The Balaban J connectivity index is 2.86. The molecular formula is C16H25N3O4. The van der Waals surface area contributed by atoms with Gasteiger partial charge in [-0.05, 0) is 26.2 Å². The van der Waals surface area contributed by atoms with Crippen LogP contribution in [-0.2, 0) is 9.59 Å². The molecule has 2 amide bonds. The maximum atomic E-state index is 12.0. The van der Waals surface area contributed by atoms with Gasteiger partial charge in [0.2, 0.25) is 11.8 Å². The predicted molar refractivity (Wildman–Crippen MR) is 89.1 cm³/mol. The lowest BCUT2D eigenvalue weighted by Crippen LogP contribution is -2.41. The van der Waals surface area contributed by atoms with Gasteiger partial charge in [0.05, 0.1) is 19.9 Å². The minimum atomic E-state index is -0.240. The molecule has 0 aliphatic carbocycles. The minimum absolute atomic E-state index is 0.0640. The molecular weight excluding hydrogens is 298 g/mol. The van der Waals surface area contributed by atoms with Crippen LogP contribution in [0, 0.1) is 0 Å². The Kier molecular flexibility index (Phi) is 7.34. The van der Waals surface area contributed by atoms with Crippen LogP contribution in [0.3, 0.4) is 0 Å². The van der Waals surface area contributed by atoms with Crippen molar-refractivity contribution in [3.8, 4) is 11.5 Å². The number of nitrogens with zero attached hydrogens (tertiary/aromatic N) is 2. The van der Waals surface area contributed by atoms with Crippen LogP contribution in [0.25, 0.3) is 0 Å². The van der Waals surface area contributed by atoms with Gasteiger partial charge in [-0.1, -0.05) is 0 Å². The van der Waals surface area contributed by atoms with E-state index in [0.29, 0.717) is 23.7 Å². The largest absolute Gasteiger partial charge is 0.497 e. The molecule has 0 saturated carbocycles. The topological polar surface area (TPSA) is 71.1 Å². The third kappa shape index (κ3) is 5.78. The highest BCUT2D eigenvalue weighted by Gasteiger charge is 2.19. The Bertz CT molecular complexity index is 546. The molecule has 0 unspecified atom stereocenters. The SMILES string of the molecule is COc1ccc(N(CC(=O)NCCN(C)C)C(C)=O)c(OC)c1. The maximum absolute atomic E-state index is 12.0. The van der Waals surface area contributed by atoms with Crippen molar-refractivity contribution in [3.63, 3.8) is 0 Å². The molecule has 0 saturated heterocycles. The second kappa shape index (κ2) is 8.99. The summed E-state index contributed by atoms with van der Waals surface area (Å²) in [5, 5.41) is 2.79. The van der Waals surface area contributed by atoms with Crippen LogP contribution in [-0.4, -0.2) is 64.7 Å². The van der Waals surface area contributed by atoms with E-state index in [2.05, 4.69) is 5.32 Å². The second-order valence-corrected chi connectivity index (χ2v) is 5.30. The number of ether oxygens (including phenoxy) is 2. The number of anilines is 1. The molecule has 0 aromatic heterocycles. The van der Waals surface area contributed by atoms with Crippen molar-refractivity contribution >= 4 is 17.5 Å². The van der Waals surface area contributed by atoms with Crippen molar-refractivity contribution < 1.29 is 19.1 Å². The first-order chi connectivity index (χ1) is 10.9. The van der Waals surface area contributed by atoms with Gasteiger partial charge >= 0.3 is 0 Å². The minimum Gasteiger partial charge on any atom is -0.497 e. The molecule has 23 heavy (non-hydrogen) atoms. The molecule has 0 atom stereocenters. The molecule has 0 fully saturated rings. The summed E-state index contributed by atoms with van der Waals surface area (Å²) in [7, 11) is 6.91. The average Bonchev–Trinajstić information content (AvgIpc) is 2.51. The lowest BCUT2D eigenvalue weighted by Gasteiger charge is -2.23. The van der Waals surface area contributed by atoms with Crippen LogP contribution in [0.2, 0.25) is 0 Å². The zero-order chi connectivity index (χ0) is 17.4. The number of rotatable bonds is 8. The Morgan fingerprint density at radius 1 is 1.17 bits per heavy atom. The van der Waals surface area contributed by atoms with E-state index in [-0.39, 0.29) is 18.4 Å². The third-order valence-corrected chi connectivity index (χ3v) is 3.24. The van der Waals surface area contributed by atoms with E-state index < -0.39 is 0 Å². The molecule has 0 spiro atoms. The number of methoxy groups -OCH3 is 2. The molecule has 0 bridgehead atoms. The molecule has 0 aliphatic rings. The summed E-state index contributed by atoms with van der Waals surface area (Å²) in [5.41, 5.74) is 0.531. The Morgan fingerprint density at radius 3 is 2.39 bits per heavy atom. The lowest BCUT2D eigenvalue weighted by molar-refractivity contribution is -0.123. The molecule has 7 nitrogen and oxygen atoms in total. The highest BCUT2D eigenvalue weighted by atomic mass is 16.5. The fourth-order valence-electron chi connectivity index (χ4n) is 1.99. The first kappa shape index (κ1) is 18.8. The third-order valence-electron chi connectivity index (χ3n) is 3.24. The highest BCUT2D eigenvalue weighted by molar-refractivity contribution is 5.98. The molecule has 0 radical (unpaired) electrons. The van der Waals surface area contributed by atoms with Crippen LogP contribution in [0.15, 0.2) is 18.2 Å². The number of carbonyl (C=O) groups is 2. The number of nitrogens with one attached hydrogen (secondary N) is 1. The first-order valence-electron chi connectivity index (χ1n) is 7.30. The number of benzene rings is 1. The maximum Gasteiger partial charge on any atom is 0.240 e. The van der Waals surface area contributed by atoms with Gasteiger partial charge in [0.1, 0.15) is 18.0 Å². The normalized spacial score (nSPS) is 10.3. The number of likely N-dealkylation sites (N-methyl/N-ethyl adjacent to an activating group) is 1. The van der Waals surface area contributed by atoms with Gasteiger partial charge in [-0.2, -0.15) is 0 Å². The van der Waals surface area contributed by atoms with E-state index in [1.165, 1.54) is 18.9 Å². The van der Waals surface area contributed by atoms with Crippen LogP contribution in [0.5, 0.6) is 11.5 Å². The highest BCUT2D eigenvalue weighted by Crippen LogP contribution is 2.32. The van der Waals surface area contributed by atoms with Gasteiger partial charge in [0, 0.05) is 26.1 Å². The number of hydrogen-bond acceptors (Lipinski definition) is 5. The Hall–Kier alpha value is -2.28. The van der Waals surface area contributed by atoms with Crippen LogP contribution in [0.4, 0.5) is 5.69 Å². The van der Waals surface area contributed by atoms with E-state index in [1.807, 2.05) is 19.0 Å². The number of carbonyl (C=O) groups excluding carboxylic acids is 2. The fourth-order valence-corrected chi connectivity index (χ4v) is 1.99. The van der Waals surface area contributed by atoms with Crippen molar-refractivity contribution in [1.82, 2.24) is 10.2 Å².